The lowest BCUT2D eigenvalue weighted by atomic mass is 10.1. The number of benzene rings is 1. The highest BCUT2D eigenvalue weighted by Crippen LogP contribution is 2.29. The number of nitro groups is 1. The molecule has 1 aromatic heterocycles. The fraction of sp³-hybridized carbons (Fsp3) is 0.450. The molecule has 0 bridgehead atoms. The molecule has 0 saturated carbocycles. The summed E-state index contributed by atoms with van der Waals surface area (Å²) in [7, 11) is 0. The van der Waals surface area contributed by atoms with Crippen molar-refractivity contribution in [1.29, 1.82) is 0 Å². The van der Waals surface area contributed by atoms with Gasteiger partial charge in [-0.05, 0) is 49.1 Å². The number of pyridine rings is 1. The number of aromatic nitrogens is 1. The van der Waals surface area contributed by atoms with Crippen LogP contribution in [0.1, 0.15) is 26.7 Å². The molecule has 1 saturated heterocycles. The number of hydrogen-bond acceptors (Lipinski definition) is 6. The van der Waals surface area contributed by atoms with Gasteiger partial charge in [0.15, 0.2) is 0 Å². The molecule has 7 nitrogen and oxygen atoms in total. The van der Waals surface area contributed by atoms with Crippen LogP contribution in [0.15, 0.2) is 36.4 Å². The summed E-state index contributed by atoms with van der Waals surface area (Å²) >= 11 is 0. The minimum atomic E-state index is -0.792. The molecule has 2 N–H and O–H groups in total. The summed E-state index contributed by atoms with van der Waals surface area (Å²) in [6, 6.07) is 10.5. The number of rotatable bonds is 7. The third-order valence-electron chi connectivity index (χ3n) is 4.62. The Morgan fingerprint density at radius 3 is 2.68 bits per heavy atom. The van der Waals surface area contributed by atoms with Crippen molar-refractivity contribution in [2.45, 2.75) is 32.9 Å². The van der Waals surface area contributed by atoms with Crippen LogP contribution in [0.5, 0.6) is 0 Å². The van der Waals surface area contributed by atoms with Crippen molar-refractivity contribution in [3.05, 3.63) is 46.5 Å². The molecule has 2 heterocycles. The number of piperidine rings is 1. The van der Waals surface area contributed by atoms with Gasteiger partial charge < -0.3 is 15.5 Å². The average Bonchev–Trinajstić information content (AvgIpc) is 2.67. The summed E-state index contributed by atoms with van der Waals surface area (Å²) in [5.74, 6) is 1.20. The van der Waals surface area contributed by atoms with E-state index in [0.717, 1.165) is 25.2 Å². The van der Waals surface area contributed by atoms with E-state index in [1.54, 1.807) is 6.07 Å². The van der Waals surface area contributed by atoms with Crippen LogP contribution in [0.4, 0.5) is 33.1 Å². The maximum Gasteiger partial charge on any atom is 0.311 e. The topological polar surface area (TPSA) is 83.3 Å². The Bertz CT molecular complexity index is 813. The minimum Gasteiger partial charge on any atom is -0.370 e. The smallest absolute Gasteiger partial charge is 0.311 e. The van der Waals surface area contributed by atoms with Gasteiger partial charge in [0.05, 0.1) is 4.92 Å². The van der Waals surface area contributed by atoms with Crippen LogP contribution in [0.2, 0.25) is 0 Å². The zero-order valence-electron chi connectivity index (χ0n) is 16.2. The second-order valence-electron chi connectivity index (χ2n) is 7.45. The summed E-state index contributed by atoms with van der Waals surface area (Å²) in [5, 5.41) is 17.6. The van der Waals surface area contributed by atoms with Gasteiger partial charge in [-0.3, -0.25) is 10.1 Å². The molecule has 1 unspecified atom stereocenters. The van der Waals surface area contributed by atoms with E-state index >= 15 is 0 Å². The number of halogens is 1. The average molecular weight is 387 g/mol. The summed E-state index contributed by atoms with van der Waals surface area (Å²) in [6.45, 7) is 6.12. The molecule has 150 valence electrons. The van der Waals surface area contributed by atoms with Crippen molar-refractivity contribution >= 4 is 28.7 Å². The van der Waals surface area contributed by atoms with Crippen LogP contribution in [0.25, 0.3) is 0 Å². The third kappa shape index (κ3) is 5.09. The molecule has 0 spiro atoms. The lowest BCUT2D eigenvalue weighted by molar-refractivity contribution is -0.384. The third-order valence-corrected chi connectivity index (χ3v) is 4.62. The number of nitrogens with one attached hydrogen (secondary N) is 2. The predicted molar refractivity (Wildman–Crippen MR) is 110 cm³/mol. The van der Waals surface area contributed by atoms with E-state index in [4.69, 9.17) is 0 Å². The molecule has 1 fully saturated rings. The minimum absolute atomic E-state index is 0.0875. The highest BCUT2D eigenvalue weighted by molar-refractivity contribution is 5.69. The Hall–Kier alpha value is -2.90. The lowest BCUT2D eigenvalue weighted by Crippen LogP contribution is -2.36. The second kappa shape index (κ2) is 8.86. The zero-order valence-corrected chi connectivity index (χ0v) is 16.2. The van der Waals surface area contributed by atoms with Gasteiger partial charge in [0.25, 0.3) is 0 Å². The number of hydrogen-bond donors (Lipinski definition) is 2. The van der Waals surface area contributed by atoms with E-state index in [9.17, 15) is 14.5 Å². The van der Waals surface area contributed by atoms with Crippen LogP contribution in [0.3, 0.4) is 0 Å². The van der Waals surface area contributed by atoms with E-state index in [1.165, 1.54) is 6.07 Å². The van der Waals surface area contributed by atoms with E-state index in [-0.39, 0.29) is 11.5 Å². The zero-order chi connectivity index (χ0) is 20.1. The molecule has 1 atom stereocenters. The molecular formula is C20H26FN5O2. The summed E-state index contributed by atoms with van der Waals surface area (Å²) in [4.78, 5) is 17.3. The van der Waals surface area contributed by atoms with Gasteiger partial charge in [-0.25, -0.2) is 9.37 Å². The van der Waals surface area contributed by atoms with Crippen LogP contribution in [-0.2, 0) is 0 Å². The van der Waals surface area contributed by atoms with Crippen molar-refractivity contribution in [1.82, 2.24) is 4.98 Å². The Labute approximate surface area is 164 Å². The largest absolute Gasteiger partial charge is 0.370 e. The second-order valence-corrected chi connectivity index (χ2v) is 7.45. The Morgan fingerprint density at radius 2 is 2.04 bits per heavy atom. The van der Waals surface area contributed by atoms with Crippen molar-refractivity contribution in [3.8, 4) is 0 Å². The summed E-state index contributed by atoms with van der Waals surface area (Å²) in [5.41, 5.74) is 1.55. The molecule has 2 aromatic rings. The quantitative estimate of drug-likeness (QED) is 0.527. The first-order valence-corrected chi connectivity index (χ1v) is 9.58. The van der Waals surface area contributed by atoms with Gasteiger partial charge in [-0.15, -0.1) is 0 Å². The molecule has 0 aliphatic carbocycles. The predicted octanol–water partition coefficient (Wildman–Crippen LogP) is 4.74. The molecule has 1 aliphatic heterocycles. The van der Waals surface area contributed by atoms with Crippen molar-refractivity contribution in [2.75, 3.05) is 35.2 Å². The van der Waals surface area contributed by atoms with Crippen molar-refractivity contribution in [2.24, 2.45) is 5.92 Å². The summed E-state index contributed by atoms with van der Waals surface area (Å²) < 4.78 is 13.6. The fourth-order valence-corrected chi connectivity index (χ4v) is 3.15. The van der Waals surface area contributed by atoms with E-state index in [2.05, 4.69) is 29.5 Å². The first kappa shape index (κ1) is 19.9. The van der Waals surface area contributed by atoms with Crippen molar-refractivity contribution in [3.63, 3.8) is 0 Å². The number of nitrogens with zero attached hydrogens (tertiary/aromatic N) is 3. The van der Waals surface area contributed by atoms with Crippen LogP contribution >= 0.6 is 0 Å². The van der Waals surface area contributed by atoms with E-state index < -0.39 is 11.1 Å². The van der Waals surface area contributed by atoms with Gasteiger partial charge in [0, 0.05) is 37.1 Å². The van der Waals surface area contributed by atoms with E-state index in [1.807, 2.05) is 29.2 Å². The fourth-order valence-electron chi connectivity index (χ4n) is 3.15. The van der Waals surface area contributed by atoms with Crippen LogP contribution in [0, 0.1) is 16.0 Å². The molecule has 1 aromatic carbocycles. The lowest BCUT2D eigenvalue weighted by Gasteiger charge is -2.31. The molecule has 1 aliphatic rings. The van der Waals surface area contributed by atoms with Gasteiger partial charge in [-0.2, -0.15) is 0 Å². The van der Waals surface area contributed by atoms with E-state index in [0.29, 0.717) is 30.4 Å². The SMILES string of the molecule is CC(C)CNc1ccc([N+](=O)[O-])c(Nc2ccc(N3CCCC(F)C3)cc2)n1. The molecule has 3 rings (SSSR count). The molecule has 28 heavy (non-hydrogen) atoms. The Kier molecular flexibility index (Phi) is 6.28. The monoisotopic (exact) mass is 387 g/mol. The maximum absolute atomic E-state index is 13.6. The summed E-state index contributed by atoms with van der Waals surface area (Å²) in [6.07, 6.45) is 0.666. The Balaban J connectivity index is 1.76. The maximum atomic E-state index is 13.6. The first-order valence-electron chi connectivity index (χ1n) is 9.58. The highest BCUT2D eigenvalue weighted by atomic mass is 19.1. The number of alkyl halides is 1. The van der Waals surface area contributed by atoms with Crippen molar-refractivity contribution < 1.29 is 9.31 Å². The van der Waals surface area contributed by atoms with Gasteiger partial charge in [0.2, 0.25) is 5.82 Å². The van der Waals surface area contributed by atoms with Crippen LogP contribution in [-0.4, -0.2) is 35.7 Å². The molecule has 8 heteroatoms. The Morgan fingerprint density at radius 1 is 1.29 bits per heavy atom. The van der Waals surface area contributed by atoms with Gasteiger partial charge in [-0.1, -0.05) is 13.8 Å². The van der Waals surface area contributed by atoms with Crippen LogP contribution < -0.4 is 15.5 Å². The highest BCUT2D eigenvalue weighted by Gasteiger charge is 2.20. The first-order chi connectivity index (χ1) is 13.4. The standard InChI is InChI=1S/C20H26FN5O2/c1-14(2)12-22-19-10-9-18(26(27)28)20(24-19)23-16-5-7-17(8-6-16)25-11-3-4-15(21)13-25/h5-10,14-15H,3-4,11-13H2,1-2H3,(H2,22,23,24). The molecule has 0 radical (unpaired) electrons. The molecular weight excluding hydrogens is 361 g/mol. The normalized spacial score (nSPS) is 16.9. The molecule has 0 amide bonds. The van der Waals surface area contributed by atoms with Gasteiger partial charge >= 0.3 is 5.69 Å². The van der Waals surface area contributed by atoms with Gasteiger partial charge in [0.1, 0.15) is 12.0 Å². The number of anilines is 4.